The Hall–Kier alpha value is -2.23. The lowest BCUT2D eigenvalue weighted by Gasteiger charge is -2.23. The highest BCUT2D eigenvalue weighted by molar-refractivity contribution is 5.95. The number of hydrogen-bond acceptors (Lipinski definition) is 2. The summed E-state index contributed by atoms with van der Waals surface area (Å²) < 4.78 is 0. The van der Waals surface area contributed by atoms with Crippen molar-refractivity contribution in [1.29, 1.82) is 0 Å². The zero-order valence-corrected chi connectivity index (χ0v) is 12.8. The van der Waals surface area contributed by atoms with Gasteiger partial charge in [0.2, 0.25) is 0 Å². The average molecular weight is 295 g/mol. The molecule has 22 heavy (non-hydrogen) atoms. The molecule has 2 fully saturated rings. The number of fused-ring (bicyclic) bond motifs is 1. The summed E-state index contributed by atoms with van der Waals surface area (Å²) in [5, 5.41) is 0. The molecule has 1 N–H and O–H groups in total. The van der Waals surface area contributed by atoms with E-state index in [9.17, 15) is 4.79 Å². The van der Waals surface area contributed by atoms with Crippen molar-refractivity contribution in [2.45, 2.75) is 6.92 Å². The largest absolute Gasteiger partial charge is 0.371 e. The molecule has 0 spiro atoms. The molecule has 2 aliphatic rings. The van der Waals surface area contributed by atoms with Gasteiger partial charge in [0.25, 0.3) is 5.91 Å². The second kappa shape index (κ2) is 5.20. The summed E-state index contributed by atoms with van der Waals surface area (Å²) in [6.45, 7) is 5.88. The Labute approximate surface area is 130 Å². The minimum Gasteiger partial charge on any atom is -0.371 e. The Bertz CT molecular complexity index is 665. The Morgan fingerprint density at radius 1 is 1.05 bits per heavy atom. The van der Waals surface area contributed by atoms with Gasteiger partial charge in [-0.15, -0.1) is 0 Å². The predicted octanol–water partition coefficient (Wildman–Crippen LogP) is 2.53. The van der Waals surface area contributed by atoms with Gasteiger partial charge in [-0.25, -0.2) is 0 Å². The summed E-state index contributed by atoms with van der Waals surface area (Å²) in [5.41, 5.74) is 3.16. The molecule has 0 saturated carbocycles. The van der Waals surface area contributed by atoms with E-state index in [-0.39, 0.29) is 5.91 Å². The topological polar surface area (TPSA) is 39.3 Å². The highest BCUT2D eigenvalue weighted by atomic mass is 16.2. The van der Waals surface area contributed by atoms with Crippen LogP contribution in [0.15, 0.2) is 42.7 Å². The van der Waals surface area contributed by atoms with Crippen molar-refractivity contribution < 1.29 is 4.79 Å². The molecule has 2 saturated heterocycles. The number of anilines is 1. The lowest BCUT2D eigenvalue weighted by Crippen LogP contribution is -2.33. The van der Waals surface area contributed by atoms with Crippen LogP contribution in [0.3, 0.4) is 0 Å². The van der Waals surface area contributed by atoms with Crippen molar-refractivity contribution in [3.8, 4) is 0 Å². The van der Waals surface area contributed by atoms with Crippen molar-refractivity contribution >= 4 is 11.6 Å². The number of carbonyl (C=O) groups excluding carboxylic acids is 1. The molecule has 2 aliphatic heterocycles. The number of aryl methyl sites for hydroxylation is 1. The third kappa shape index (κ3) is 2.19. The smallest absolute Gasteiger partial charge is 0.255 e. The Balaban J connectivity index is 1.44. The van der Waals surface area contributed by atoms with Crippen LogP contribution in [0.25, 0.3) is 0 Å². The molecule has 3 heterocycles. The van der Waals surface area contributed by atoms with E-state index >= 15 is 0 Å². The molecule has 4 heteroatoms. The summed E-state index contributed by atoms with van der Waals surface area (Å²) in [6.07, 6.45) is 3.71. The van der Waals surface area contributed by atoms with E-state index in [0.717, 1.165) is 37.3 Å². The molecule has 4 rings (SSSR count). The lowest BCUT2D eigenvalue weighted by atomic mass is 10.0. The number of aromatic nitrogens is 1. The Kier molecular flexibility index (Phi) is 3.17. The molecule has 0 radical (unpaired) electrons. The quantitative estimate of drug-likeness (QED) is 0.925. The highest BCUT2D eigenvalue weighted by Gasteiger charge is 2.41. The summed E-state index contributed by atoms with van der Waals surface area (Å²) in [6, 6.07) is 10.6. The third-order valence-corrected chi connectivity index (χ3v) is 5.08. The fourth-order valence-electron chi connectivity index (χ4n) is 3.85. The molecule has 0 bridgehead atoms. The van der Waals surface area contributed by atoms with E-state index in [1.54, 1.807) is 0 Å². The number of para-hydroxylation sites is 1. The second-order valence-corrected chi connectivity index (χ2v) is 6.52. The molecule has 1 aromatic heterocycles. The number of H-pyrrole nitrogens is 1. The number of likely N-dealkylation sites (tertiary alicyclic amines) is 1. The Morgan fingerprint density at radius 3 is 2.32 bits per heavy atom. The number of aromatic amines is 1. The molecule has 2 atom stereocenters. The van der Waals surface area contributed by atoms with Gasteiger partial charge >= 0.3 is 0 Å². The fourth-order valence-corrected chi connectivity index (χ4v) is 3.85. The summed E-state index contributed by atoms with van der Waals surface area (Å²) in [7, 11) is 0. The fraction of sp³-hybridized carbons (Fsp3) is 0.389. The Morgan fingerprint density at radius 2 is 1.73 bits per heavy atom. The monoisotopic (exact) mass is 295 g/mol. The maximum absolute atomic E-state index is 12.6. The SMILES string of the molecule is Cc1c[nH]cc1C(=O)N1CC2CN(c3ccccc3)CC2C1. The number of benzene rings is 1. The van der Waals surface area contributed by atoms with Crippen LogP contribution in [-0.4, -0.2) is 42.0 Å². The third-order valence-electron chi connectivity index (χ3n) is 5.08. The van der Waals surface area contributed by atoms with Gasteiger partial charge in [-0.1, -0.05) is 18.2 Å². The van der Waals surface area contributed by atoms with Gasteiger partial charge in [0.05, 0.1) is 5.56 Å². The zero-order chi connectivity index (χ0) is 15.1. The van der Waals surface area contributed by atoms with Crippen LogP contribution < -0.4 is 4.90 Å². The van der Waals surface area contributed by atoms with Crippen LogP contribution in [-0.2, 0) is 0 Å². The summed E-state index contributed by atoms with van der Waals surface area (Å²) in [4.78, 5) is 20.1. The minimum absolute atomic E-state index is 0.180. The zero-order valence-electron chi connectivity index (χ0n) is 12.8. The lowest BCUT2D eigenvalue weighted by molar-refractivity contribution is 0.0782. The van der Waals surface area contributed by atoms with Crippen LogP contribution >= 0.6 is 0 Å². The molecular formula is C18H21N3O. The number of amides is 1. The molecule has 2 aromatic rings. The minimum atomic E-state index is 0.180. The molecule has 114 valence electrons. The first-order valence-corrected chi connectivity index (χ1v) is 7.95. The van der Waals surface area contributed by atoms with E-state index in [2.05, 4.69) is 40.2 Å². The second-order valence-electron chi connectivity index (χ2n) is 6.52. The number of rotatable bonds is 2. The van der Waals surface area contributed by atoms with Gasteiger partial charge in [0.1, 0.15) is 0 Å². The van der Waals surface area contributed by atoms with E-state index in [0.29, 0.717) is 11.8 Å². The maximum Gasteiger partial charge on any atom is 0.255 e. The summed E-state index contributed by atoms with van der Waals surface area (Å²) in [5.74, 6) is 1.38. The molecule has 0 aliphatic carbocycles. The molecule has 1 amide bonds. The number of nitrogens with zero attached hydrogens (tertiary/aromatic N) is 2. The molecular weight excluding hydrogens is 274 g/mol. The standard InChI is InChI=1S/C18H21N3O/c1-13-7-19-8-17(13)18(22)21-11-14-9-20(10-15(14)12-21)16-5-3-2-4-6-16/h2-8,14-15,19H,9-12H2,1H3. The molecule has 4 nitrogen and oxygen atoms in total. The van der Waals surface area contributed by atoms with E-state index in [1.165, 1.54) is 5.69 Å². The van der Waals surface area contributed by atoms with Gasteiger partial charge in [-0.05, 0) is 24.6 Å². The maximum atomic E-state index is 12.6. The van der Waals surface area contributed by atoms with Gasteiger partial charge in [-0.2, -0.15) is 0 Å². The van der Waals surface area contributed by atoms with E-state index in [1.807, 2.05) is 24.2 Å². The van der Waals surface area contributed by atoms with Gasteiger partial charge in [0.15, 0.2) is 0 Å². The van der Waals surface area contributed by atoms with Crippen LogP contribution in [0.1, 0.15) is 15.9 Å². The first kappa shape index (κ1) is 13.4. The van der Waals surface area contributed by atoms with Crippen LogP contribution in [0.2, 0.25) is 0 Å². The predicted molar refractivity (Wildman–Crippen MR) is 87.1 cm³/mol. The first-order valence-electron chi connectivity index (χ1n) is 7.95. The summed E-state index contributed by atoms with van der Waals surface area (Å²) >= 11 is 0. The highest BCUT2D eigenvalue weighted by Crippen LogP contribution is 2.34. The molecule has 1 aromatic carbocycles. The van der Waals surface area contributed by atoms with Crippen molar-refractivity contribution in [2.24, 2.45) is 11.8 Å². The average Bonchev–Trinajstić information content (AvgIpc) is 3.21. The van der Waals surface area contributed by atoms with Crippen molar-refractivity contribution in [3.05, 3.63) is 53.9 Å². The van der Waals surface area contributed by atoms with Gasteiger partial charge in [0, 0.05) is 56.1 Å². The van der Waals surface area contributed by atoms with Gasteiger partial charge in [-0.3, -0.25) is 4.79 Å². The normalized spacial score (nSPS) is 23.9. The van der Waals surface area contributed by atoms with Crippen LogP contribution in [0.4, 0.5) is 5.69 Å². The van der Waals surface area contributed by atoms with Crippen molar-refractivity contribution in [3.63, 3.8) is 0 Å². The van der Waals surface area contributed by atoms with Crippen molar-refractivity contribution in [1.82, 2.24) is 9.88 Å². The van der Waals surface area contributed by atoms with Crippen LogP contribution in [0, 0.1) is 18.8 Å². The van der Waals surface area contributed by atoms with E-state index < -0.39 is 0 Å². The van der Waals surface area contributed by atoms with Crippen molar-refractivity contribution in [2.75, 3.05) is 31.1 Å². The van der Waals surface area contributed by atoms with Gasteiger partial charge < -0.3 is 14.8 Å². The first-order chi connectivity index (χ1) is 10.7. The number of carbonyl (C=O) groups is 1. The van der Waals surface area contributed by atoms with E-state index in [4.69, 9.17) is 0 Å². The molecule has 2 unspecified atom stereocenters. The number of hydrogen-bond donors (Lipinski definition) is 1. The van der Waals surface area contributed by atoms with Crippen LogP contribution in [0.5, 0.6) is 0 Å². The number of nitrogens with one attached hydrogen (secondary N) is 1.